The van der Waals surface area contributed by atoms with Gasteiger partial charge in [-0.1, -0.05) is 22.9 Å². The molecule has 0 saturated carbocycles. The summed E-state index contributed by atoms with van der Waals surface area (Å²) in [6.07, 6.45) is 0. The number of amides is 1. The molecule has 2 rings (SSSR count). The third-order valence-electron chi connectivity index (χ3n) is 2.23. The van der Waals surface area contributed by atoms with Gasteiger partial charge < -0.3 is 4.90 Å². The number of aromatic nitrogens is 1. The van der Waals surface area contributed by atoms with Crippen molar-refractivity contribution in [2.24, 2.45) is 0 Å². The van der Waals surface area contributed by atoms with E-state index in [0.717, 1.165) is 5.69 Å². The number of rotatable bonds is 0. The molecular weight excluding hydrogens is 220 g/mol. The smallest absolute Gasteiger partial charge is 0.266 e. The van der Waals surface area contributed by atoms with Crippen LogP contribution in [0.3, 0.4) is 0 Å². The highest BCUT2D eigenvalue weighted by atomic mass is 35.5. The molecule has 0 atom stereocenters. The first-order chi connectivity index (χ1) is 6.39. The second-order valence-corrected chi connectivity index (χ2v) is 5.89. The fraction of sp³-hybridized carbons (Fsp3) is 0.556. The van der Waals surface area contributed by atoms with Crippen LogP contribution in [0.2, 0.25) is 4.47 Å². The molecule has 0 saturated heterocycles. The predicted molar refractivity (Wildman–Crippen MR) is 56.8 cm³/mol. The minimum atomic E-state index is -0.149. The van der Waals surface area contributed by atoms with Gasteiger partial charge in [0.15, 0.2) is 4.47 Å². The van der Waals surface area contributed by atoms with Gasteiger partial charge in [-0.3, -0.25) is 4.79 Å². The van der Waals surface area contributed by atoms with E-state index >= 15 is 0 Å². The van der Waals surface area contributed by atoms with Gasteiger partial charge in [-0.2, -0.15) is 0 Å². The normalized spacial score (nSPS) is 16.3. The summed E-state index contributed by atoms with van der Waals surface area (Å²) >= 11 is 7.01. The summed E-state index contributed by atoms with van der Waals surface area (Å²) in [6, 6.07) is 0. The van der Waals surface area contributed by atoms with Crippen LogP contribution in [0.25, 0.3) is 0 Å². The van der Waals surface area contributed by atoms with E-state index in [1.807, 2.05) is 25.7 Å². The Morgan fingerprint density at radius 1 is 1.50 bits per heavy atom. The molecule has 0 unspecified atom stereocenters. The highest BCUT2D eigenvalue weighted by Crippen LogP contribution is 2.34. The van der Waals surface area contributed by atoms with E-state index in [-0.39, 0.29) is 11.4 Å². The SMILES string of the molecule is CC(C)(C)N1Cc2nc(Cl)sc2C1=O. The van der Waals surface area contributed by atoms with Gasteiger partial charge in [0.25, 0.3) is 5.91 Å². The van der Waals surface area contributed by atoms with Gasteiger partial charge in [0, 0.05) is 5.54 Å². The molecule has 0 spiro atoms. The van der Waals surface area contributed by atoms with Crippen LogP contribution >= 0.6 is 22.9 Å². The van der Waals surface area contributed by atoms with Gasteiger partial charge in [-0.25, -0.2) is 4.98 Å². The van der Waals surface area contributed by atoms with Crippen LogP contribution < -0.4 is 0 Å². The molecule has 0 N–H and O–H groups in total. The van der Waals surface area contributed by atoms with E-state index in [1.54, 1.807) is 0 Å². The average molecular weight is 231 g/mol. The van der Waals surface area contributed by atoms with Crippen LogP contribution in [0, 0.1) is 0 Å². The number of carbonyl (C=O) groups excluding carboxylic acids is 1. The third kappa shape index (κ3) is 1.42. The van der Waals surface area contributed by atoms with Crippen molar-refractivity contribution in [2.75, 3.05) is 0 Å². The molecule has 14 heavy (non-hydrogen) atoms. The van der Waals surface area contributed by atoms with Crippen molar-refractivity contribution in [3.8, 4) is 0 Å². The van der Waals surface area contributed by atoms with E-state index < -0.39 is 0 Å². The van der Waals surface area contributed by atoms with Crippen molar-refractivity contribution in [2.45, 2.75) is 32.9 Å². The van der Waals surface area contributed by atoms with Crippen molar-refractivity contribution in [3.05, 3.63) is 15.0 Å². The van der Waals surface area contributed by atoms with E-state index in [0.29, 0.717) is 15.9 Å². The molecule has 1 aliphatic heterocycles. The highest BCUT2D eigenvalue weighted by Gasteiger charge is 2.37. The molecule has 1 aromatic heterocycles. The summed E-state index contributed by atoms with van der Waals surface area (Å²) < 4.78 is 0.455. The molecule has 0 aliphatic carbocycles. The topological polar surface area (TPSA) is 33.2 Å². The number of carbonyl (C=O) groups is 1. The summed E-state index contributed by atoms with van der Waals surface area (Å²) in [5, 5.41) is 0. The second kappa shape index (κ2) is 2.94. The minimum Gasteiger partial charge on any atom is -0.327 e. The lowest BCUT2D eigenvalue weighted by Crippen LogP contribution is -2.41. The van der Waals surface area contributed by atoms with Crippen molar-refractivity contribution in [1.29, 1.82) is 0 Å². The van der Waals surface area contributed by atoms with Crippen LogP contribution in [0.1, 0.15) is 36.1 Å². The molecule has 0 radical (unpaired) electrons. The van der Waals surface area contributed by atoms with Crippen molar-refractivity contribution < 1.29 is 4.79 Å². The summed E-state index contributed by atoms with van der Waals surface area (Å²) in [4.78, 5) is 18.5. The lowest BCUT2D eigenvalue weighted by molar-refractivity contribution is 0.0611. The molecule has 1 amide bonds. The molecule has 3 nitrogen and oxygen atoms in total. The van der Waals surface area contributed by atoms with Gasteiger partial charge in [0.1, 0.15) is 4.88 Å². The molecule has 5 heteroatoms. The van der Waals surface area contributed by atoms with Crippen LogP contribution in [0.4, 0.5) is 0 Å². The minimum absolute atomic E-state index is 0.0527. The summed E-state index contributed by atoms with van der Waals surface area (Å²) in [6.45, 7) is 6.63. The maximum atomic E-state index is 11.9. The number of hydrogen-bond acceptors (Lipinski definition) is 3. The number of fused-ring (bicyclic) bond motifs is 1. The first-order valence-electron chi connectivity index (χ1n) is 4.37. The van der Waals surface area contributed by atoms with Crippen molar-refractivity contribution in [1.82, 2.24) is 9.88 Å². The number of halogens is 1. The van der Waals surface area contributed by atoms with E-state index in [9.17, 15) is 4.79 Å². The molecule has 0 fully saturated rings. The van der Waals surface area contributed by atoms with E-state index in [4.69, 9.17) is 11.6 Å². The van der Waals surface area contributed by atoms with E-state index in [1.165, 1.54) is 11.3 Å². The fourth-order valence-electron chi connectivity index (χ4n) is 1.48. The monoisotopic (exact) mass is 230 g/mol. The van der Waals surface area contributed by atoms with E-state index in [2.05, 4.69) is 4.98 Å². The third-order valence-corrected chi connectivity index (χ3v) is 3.42. The molecule has 76 valence electrons. The van der Waals surface area contributed by atoms with Gasteiger partial charge in [-0.05, 0) is 20.8 Å². The van der Waals surface area contributed by atoms with Gasteiger partial charge in [0.05, 0.1) is 12.2 Å². The largest absolute Gasteiger partial charge is 0.327 e. The quantitative estimate of drug-likeness (QED) is 0.686. The average Bonchev–Trinajstić information content (AvgIpc) is 2.49. The summed E-state index contributed by atoms with van der Waals surface area (Å²) in [5.74, 6) is 0.0527. The molecule has 1 aliphatic rings. The Balaban J connectivity index is 2.36. The Hall–Kier alpha value is -0.610. The number of nitrogens with zero attached hydrogens (tertiary/aromatic N) is 2. The first kappa shape index (κ1) is 9.93. The second-order valence-electron chi connectivity index (χ2n) is 4.30. The fourth-order valence-corrected chi connectivity index (χ4v) is 2.57. The van der Waals surface area contributed by atoms with Crippen molar-refractivity contribution in [3.63, 3.8) is 0 Å². The Morgan fingerprint density at radius 3 is 2.64 bits per heavy atom. The van der Waals surface area contributed by atoms with Gasteiger partial charge >= 0.3 is 0 Å². The Morgan fingerprint density at radius 2 is 2.14 bits per heavy atom. The molecule has 1 aromatic rings. The Kier molecular flexibility index (Phi) is 2.08. The molecular formula is C9H11ClN2OS. The van der Waals surface area contributed by atoms with Crippen molar-refractivity contribution >= 4 is 28.8 Å². The first-order valence-corrected chi connectivity index (χ1v) is 5.56. The summed E-state index contributed by atoms with van der Waals surface area (Å²) in [7, 11) is 0. The lowest BCUT2D eigenvalue weighted by Gasteiger charge is -2.31. The highest BCUT2D eigenvalue weighted by molar-refractivity contribution is 7.17. The molecule has 2 heterocycles. The lowest BCUT2D eigenvalue weighted by atomic mass is 10.1. The van der Waals surface area contributed by atoms with Crippen LogP contribution in [0.15, 0.2) is 0 Å². The predicted octanol–water partition coefficient (Wildman–Crippen LogP) is 2.55. The molecule has 0 aromatic carbocycles. The zero-order chi connectivity index (χ0) is 10.5. The zero-order valence-corrected chi connectivity index (χ0v) is 9.87. The van der Waals surface area contributed by atoms with Gasteiger partial charge in [0.2, 0.25) is 0 Å². The number of thiazole rings is 1. The maximum Gasteiger partial charge on any atom is 0.266 e. The maximum absolute atomic E-state index is 11.9. The van der Waals surface area contributed by atoms with Gasteiger partial charge in [-0.15, -0.1) is 0 Å². The summed E-state index contributed by atoms with van der Waals surface area (Å²) in [5.41, 5.74) is 0.671. The Bertz CT molecular complexity index is 394. The van der Waals surface area contributed by atoms with Crippen LogP contribution in [-0.2, 0) is 6.54 Å². The Labute approximate surface area is 91.7 Å². The number of hydrogen-bond donors (Lipinski definition) is 0. The zero-order valence-electron chi connectivity index (χ0n) is 8.30. The van der Waals surface area contributed by atoms with Crippen LogP contribution in [0.5, 0.6) is 0 Å². The molecule has 0 bridgehead atoms. The standard InChI is InChI=1S/C9H11ClN2OS/c1-9(2,3)12-4-5-6(7(12)13)14-8(10)11-5/h4H2,1-3H3. The van der Waals surface area contributed by atoms with Crippen LogP contribution in [-0.4, -0.2) is 21.3 Å².